The number of primary amides is 1. The van der Waals surface area contributed by atoms with Crippen molar-refractivity contribution in [3.8, 4) is 0 Å². The lowest BCUT2D eigenvalue weighted by molar-refractivity contribution is -0.119. The van der Waals surface area contributed by atoms with Crippen molar-refractivity contribution in [2.75, 3.05) is 31.9 Å². The summed E-state index contributed by atoms with van der Waals surface area (Å²) in [6, 6.07) is 0.246. The Morgan fingerprint density at radius 3 is 2.42 bits per heavy atom. The summed E-state index contributed by atoms with van der Waals surface area (Å²) < 4.78 is 23.7. The van der Waals surface area contributed by atoms with E-state index in [2.05, 4.69) is 5.32 Å². The number of nitrogens with two attached hydrogens (primary N) is 1. The largest absolute Gasteiger partial charge is 0.369 e. The van der Waals surface area contributed by atoms with Gasteiger partial charge in [-0.25, -0.2) is 8.42 Å². The molecule has 0 unspecified atom stereocenters. The van der Waals surface area contributed by atoms with Gasteiger partial charge in [0, 0.05) is 12.6 Å². The van der Waals surface area contributed by atoms with Gasteiger partial charge in [0.25, 0.3) is 0 Å². The molecule has 0 bridgehead atoms. The summed E-state index contributed by atoms with van der Waals surface area (Å²) in [7, 11) is -3.08. The SMILES string of the molecule is CC(C)S(=O)(=O)CCN(CC(N)=O)C1CCNCC1. The van der Waals surface area contributed by atoms with Gasteiger partial charge in [-0.15, -0.1) is 0 Å². The molecule has 0 aromatic heterocycles. The minimum Gasteiger partial charge on any atom is -0.369 e. The van der Waals surface area contributed by atoms with Crippen molar-refractivity contribution >= 4 is 15.7 Å². The number of nitrogens with one attached hydrogen (secondary N) is 1. The molecule has 0 aliphatic carbocycles. The number of nitrogens with zero attached hydrogens (tertiary/aromatic N) is 1. The van der Waals surface area contributed by atoms with Gasteiger partial charge in [-0.05, 0) is 39.8 Å². The van der Waals surface area contributed by atoms with E-state index in [1.165, 1.54) is 0 Å². The maximum Gasteiger partial charge on any atom is 0.231 e. The monoisotopic (exact) mass is 291 g/mol. The second kappa shape index (κ2) is 7.21. The summed E-state index contributed by atoms with van der Waals surface area (Å²) in [5, 5.41) is 2.87. The summed E-state index contributed by atoms with van der Waals surface area (Å²) >= 11 is 0. The average Bonchev–Trinajstić information content (AvgIpc) is 2.35. The highest BCUT2D eigenvalue weighted by atomic mass is 32.2. The predicted octanol–water partition coefficient (Wildman–Crippen LogP) is -0.651. The number of carbonyl (C=O) groups is 1. The molecular weight excluding hydrogens is 266 g/mol. The fourth-order valence-corrected chi connectivity index (χ4v) is 3.20. The van der Waals surface area contributed by atoms with Crippen LogP contribution in [0.2, 0.25) is 0 Å². The number of hydrogen-bond donors (Lipinski definition) is 2. The Labute approximate surface area is 115 Å². The zero-order valence-electron chi connectivity index (χ0n) is 11.8. The molecule has 0 spiro atoms. The summed E-state index contributed by atoms with van der Waals surface area (Å²) in [5.74, 6) is -0.317. The van der Waals surface area contributed by atoms with Crippen molar-refractivity contribution in [1.82, 2.24) is 10.2 Å². The van der Waals surface area contributed by atoms with Crippen molar-refractivity contribution < 1.29 is 13.2 Å². The summed E-state index contributed by atoms with van der Waals surface area (Å²) in [5.41, 5.74) is 5.25. The van der Waals surface area contributed by atoms with E-state index < -0.39 is 15.7 Å². The third kappa shape index (κ3) is 5.46. The van der Waals surface area contributed by atoms with Gasteiger partial charge < -0.3 is 11.1 Å². The van der Waals surface area contributed by atoms with Crippen LogP contribution in [-0.2, 0) is 14.6 Å². The van der Waals surface area contributed by atoms with Crippen molar-refractivity contribution in [3.05, 3.63) is 0 Å². The van der Waals surface area contributed by atoms with Gasteiger partial charge in [-0.1, -0.05) is 0 Å². The Morgan fingerprint density at radius 1 is 1.37 bits per heavy atom. The molecule has 1 fully saturated rings. The van der Waals surface area contributed by atoms with Gasteiger partial charge in [0.15, 0.2) is 9.84 Å². The molecule has 1 amide bonds. The van der Waals surface area contributed by atoms with Crippen LogP contribution in [0.15, 0.2) is 0 Å². The van der Waals surface area contributed by atoms with Gasteiger partial charge >= 0.3 is 0 Å². The number of piperidine rings is 1. The lowest BCUT2D eigenvalue weighted by Crippen LogP contribution is -2.48. The predicted molar refractivity (Wildman–Crippen MR) is 75.6 cm³/mol. The topological polar surface area (TPSA) is 92.5 Å². The van der Waals surface area contributed by atoms with E-state index in [1.807, 2.05) is 4.90 Å². The first-order valence-electron chi connectivity index (χ1n) is 6.77. The van der Waals surface area contributed by atoms with E-state index in [9.17, 15) is 13.2 Å². The first-order chi connectivity index (χ1) is 8.83. The Balaban J connectivity index is 2.61. The van der Waals surface area contributed by atoms with Crippen LogP contribution in [0.4, 0.5) is 0 Å². The third-order valence-electron chi connectivity index (χ3n) is 3.57. The van der Waals surface area contributed by atoms with Crippen molar-refractivity contribution in [1.29, 1.82) is 0 Å². The van der Waals surface area contributed by atoms with Gasteiger partial charge in [-0.3, -0.25) is 9.69 Å². The minimum atomic E-state index is -3.08. The van der Waals surface area contributed by atoms with Gasteiger partial charge in [0.1, 0.15) is 0 Å². The van der Waals surface area contributed by atoms with E-state index >= 15 is 0 Å². The molecule has 1 saturated heterocycles. The highest BCUT2D eigenvalue weighted by Crippen LogP contribution is 2.12. The molecule has 0 aromatic rings. The second-order valence-corrected chi connectivity index (χ2v) is 8.01. The number of carbonyl (C=O) groups excluding carboxylic acids is 1. The zero-order chi connectivity index (χ0) is 14.5. The first kappa shape index (κ1) is 16.4. The van der Waals surface area contributed by atoms with Crippen LogP contribution in [0.3, 0.4) is 0 Å². The molecule has 112 valence electrons. The maximum atomic E-state index is 11.8. The Hall–Kier alpha value is -0.660. The van der Waals surface area contributed by atoms with Crippen LogP contribution in [0, 0.1) is 0 Å². The molecule has 1 aliphatic rings. The molecule has 19 heavy (non-hydrogen) atoms. The van der Waals surface area contributed by atoms with Crippen molar-refractivity contribution in [2.45, 2.75) is 38.0 Å². The number of rotatable bonds is 7. The highest BCUT2D eigenvalue weighted by Gasteiger charge is 2.25. The molecule has 7 heteroatoms. The smallest absolute Gasteiger partial charge is 0.231 e. The number of sulfone groups is 1. The van der Waals surface area contributed by atoms with E-state index in [-0.39, 0.29) is 23.6 Å². The summed E-state index contributed by atoms with van der Waals surface area (Å²) in [4.78, 5) is 13.0. The maximum absolute atomic E-state index is 11.8. The van der Waals surface area contributed by atoms with E-state index in [1.54, 1.807) is 13.8 Å². The molecule has 1 rings (SSSR count). The van der Waals surface area contributed by atoms with Crippen LogP contribution in [-0.4, -0.2) is 62.4 Å². The minimum absolute atomic E-state index is 0.0852. The molecule has 0 atom stereocenters. The summed E-state index contributed by atoms with van der Waals surface area (Å²) in [6.07, 6.45) is 1.85. The lowest BCUT2D eigenvalue weighted by Gasteiger charge is -2.33. The third-order valence-corrected chi connectivity index (χ3v) is 5.75. The molecule has 1 aliphatic heterocycles. The van der Waals surface area contributed by atoms with Crippen LogP contribution in [0.5, 0.6) is 0 Å². The van der Waals surface area contributed by atoms with Gasteiger partial charge in [-0.2, -0.15) is 0 Å². The van der Waals surface area contributed by atoms with Gasteiger partial charge in [0.2, 0.25) is 5.91 Å². The van der Waals surface area contributed by atoms with Gasteiger partial charge in [0.05, 0.1) is 17.5 Å². The molecule has 0 radical (unpaired) electrons. The normalized spacial score (nSPS) is 18.1. The van der Waals surface area contributed by atoms with Crippen molar-refractivity contribution in [2.24, 2.45) is 5.73 Å². The zero-order valence-corrected chi connectivity index (χ0v) is 12.6. The Kier molecular flexibility index (Phi) is 6.22. The van der Waals surface area contributed by atoms with Crippen molar-refractivity contribution in [3.63, 3.8) is 0 Å². The van der Waals surface area contributed by atoms with E-state index in [0.717, 1.165) is 25.9 Å². The van der Waals surface area contributed by atoms with Crippen LogP contribution >= 0.6 is 0 Å². The Morgan fingerprint density at radius 2 is 1.95 bits per heavy atom. The fourth-order valence-electron chi connectivity index (χ4n) is 2.24. The number of hydrogen-bond acceptors (Lipinski definition) is 5. The second-order valence-electron chi connectivity index (χ2n) is 5.33. The fraction of sp³-hybridized carbons (Fsp3) is 0.917. The van der Waals surface area contributed by atoms with Crippen LogP contribution < -0.4 is 11.1 Å². The van der Waals surface area contributed by atoms with E-state index in [0.29, 0.717) is 6.54 Å². The standard InChI is InChI=1S/C12H25N3O3S/c1-10(2)19(17,18)8-7-15(9-12(13)16)11-3-5-14-6-4-11/h10-11,14H,3-9H2,1-2H3,(H2,13,16). The molecule has 0 aromatic carbocycles. The number of amides is 1. The van der Waals surface area contributed by atoms with E-state index in [4.69, 9.17) is 5.73 Å². The quantitative estimate of drug-likeness (QED) is 0.650. The average molecular weight is 291 g/mol. The molecule has 1 heterocycles. The summed E-state index contributed by atoms with van der Waals surface area (Å²) in [6.45, 7) is 5.68. The molecule has 6 nitrogen and oxygen atoms in total. The highest BCUT2D eigenvalue weighted by molar-refractivity contribution is 7.92. The van der Waals surface area contributed by atoms with Crippen LogP contribution in [0.1, 0.15) is 26.7 Å². The molecule has 3 N–H and O–H groups in total. The molecular formula is C12H25N3O3S. The Bertz CT molecular complexity index is 389. The molecule has 0 saturated carbocycles. The lowest BCUT2D eigenvalue weighted by atomic mass is 10.0. The van der Waals surface area contributed by atoms with Crippen LogP contribution in [0.25, 0.3) is 0 Å². The first-order valence-corrected chi connectivity index (χ1v) is 8.49.